The van der Waals surface area contributed by atoms with Gasteiger partial charge in [0.15, 0.2) is 0 Å². The molecule has 2 rings (SSSR count). The molecule has 0 radical (unpaired) electrons. The lowest BCUT2D eigenvalue weighted by molar-refractivity contribution is -0.143. The number of nitrogens with one attached hydrogen (secondary N) is 1. The van der Waals surface area contributed by atoms with Gasteiger partial charge in [-0.2, -0.15) is 0 Å². The van der Waals surface area contributed by atoms with Gasteiger partial charge >= 0.3 is 13.6 Å². The van der Waals surface area contributed by atoms with Crippen molar-refractivity contribution >= 4 is 13.6 Å². The minimum absolute atomic E-state index is 0.0413. The summed E-state index contributed by atoms with van der Waals surface area (Å²) in [7, 11) is -3.95. The Morgan fingerprint density at radius 1 is 1.28 bits per heavy atom. The van der Waals surface area contributed by atoms with E-state index in [0.717, 1.165) is 25.7 Å². The Morgan fingerprint density at radius 2 is 2.00 bits per heavy atom. The first-order chi connectivity index (χ1) is 8.37. The van der Waals surface area contributed by atoms with Gasteiger partial charge < -0.3 is 20.2 Å². The largest absolute Gasteiger partial charge is 0.480 e. The fourth-order valence-corrected chi connectivity index (χ4v) is 4.51. The van der Waals surface area contributed by atoms with Crippen LogP contribution in [0.15, 0.2) is 0 Å². The number of fused-ring (bicyclic) bond motifs is 1. The van der Waals surface area contributed by atoms with Crippen LogP contribution in [0.1, 0.15) is 25.7 Å². The molecule has 4 atom stereocenters. The minimum atomic E-state index is -3.95. The minimum Gasteiger partial charge on any atom is -0.480 e. The third-order valence-corrected chi connectivity index (χ3v) is 5.21. The van der Waals surface area contributed by atoms with Gasteiger partial charge in [-0.15, -0.1) is 0 Å². The van der Waals surface area contributed by atoms with Crippen molar-refractivity contribution in [3.8, 4) is 0 Å². The summed E-state index contributed by atoms with van der Waals surface area (Å²) >= 11 is 0. The van der Waals surface area contributed by atoms with E-state index in [1.165, 1.54) is 0 Å². The zero-order chi connectivity index (χ0) is 13.3. The molecule has 0 spiro atoms. The summed E-state index contributed by atoms with van der Waals surface area (Å²) in [6.45, 7) is 0.681. The fourth-order valence-electron chi connectivity index (χ4n) is 3.50. The molecule has 4 unspecified atom stereocenters. The maximum atomic E-state index is 11.1. The van der Waals surface area contributed by atoms with Crippen LogP contribution in [0.25, 0.3) is 0 Å². The maximum Gasteiger partial charge on any atom is 0.325 e. The first-order valence-corrected chi connectivity index (χ1v) is 8.17. The highest BCUT2D eigenvalue weighted by atomic mass is 31.2. The number of hydrogen-bond donors (Lipinski definition) is 4. The molecular formula is C11H20NO5P. The van der Waals surface area contributed by atoms with Crippen molar-refractivity contribution in [1.82, 2.24) is 5.32 Å². The van der Waals surface area contributed by atoms with Gasteiger partial charge in [-0.05, 0) is 50.0 Å². The molecule has 0 bridgehead atoms. The van der Waals surface area contributed by atoms with Gasteiger partial charge in [0.2, 0.25) is 0 Å². The number of piperidine rings is 1. The molecule has 1 heterocycles. The molecule has 7 heteroatoms. The van der Waals surface area contributed by atoms with Crippen molar-refractivity contribution in [2.75, 3.05) is 12.7 Å². The molecule has 18 heavy (non-hydrogen) atoms. The third-order valence-electron chi connectivity index (χ3n) is 4.22. The van der Waals surface area contributed by atoms with E-state index in [-0.39, 0.29) is 23.9 Å². The number of rotatable bonds is 3. The smallest absolute Gasteiger partial charge is 0.325 e. The third kappa shape index (κ3) is 3.32. The van der Waals surface area contributed by atoms with Gasteiger partial charge in [-0.25, -0.2) is 0 Å². The molecule has 4 N–H and O–H groups in total. The van der Waals surface area contributed by atoms with Crippen molar-refractivity contribution < 1.29 is 24.3 Å². The summed E-state index contributed by atoms with van der Waals surface area (Å²) < 4.78 is 11.0. The highest BCUT2D eigenvalue weighted by Crippen LogP contribution is 2.46. The average molecular weight is 277 g/mol. The fraction of sp³-hybridized carbons (Fsp3) is 0.909. The van der Waals surface area contributed by atoms with Gasteiger partial charge in [-0.3, -0.25) is 9.36 Å². The summed E-state index contributed by atoms with van der Waals surface area (Å²) in [5.41, 5.74) is 0. The molecule has 0 amide bonds. The van der Waals surface area contributed by atoms with Crippen LogP contribution in [0, 0.1) is 17.8 Å². The Kier molecular flexibility index (Phi) is 4.11. The molecule has 104 valence electrons. The van der Waals surface area contributed by atoms with Crippen molar-refractivity contribution in [3.05, 3.63) is 0 Å². The Morgan fingerprint density at radius 3 is 2.61 bits per heavy atom. The first-order valence-electron chi connectivity index (χ1n) is 6.37. The number of aliphatic carboxylic acids is 1. The second-order valence-electron chi connectivity index (χ2n) is 5.51. The van der Waals surface area contributed by atoms with Crippen molar-refractivity contribution in [2.24, 2.45) is 17.8 Å². The lowest BCUT2D eigenvalue weighted by Gasteiger charge is -2.42. The van der Waals surface area contributed by atoms with Gasteiger partial charge in [0.1, 0.15) is 6.04 Å². The number of carbonyl (C=O) groups is 1. The van der Waals surface area contributed by atoms with E-state index in [4.69, 9.17) is 14.9 Å². The van der Waals surface area contributed by atoms with Crippen LogP contribution in [-0.4, -0.2) is 39.6 Å². The zero-order valence-corrected chi connectivity index (χ0v) is 11.1. The highest BCUT2D eigenvalue weighted by molar-refractivity contribution is 7.51. The molecular weight excluding hydrogens is 257 g/mol. The first kappa shape index (κ1) is 14.0. The molecule has 2 fully saturated rings. The normalized spacial score (nSPS) is 37.0. The average Bonchev–Trinajstić information content (AvgIpc) is 2.25. The maximum absolute atomic E-state index is 11.1. The quantitative estimate of drug-likeness (QED) is 0.564. The molecule has 1 saturated heterocycles. The lowest BCUT2D eigenvalue weighted by Crippen LogP contribution is -2.52. The topological polar surface area (TPSA) is 107 Å². The summed E-state index contributed by atoms with van der Waals surface area (Å²) in [5, 5.41) is 12.2. The molecule has 1 saturated carbocycles. The van der Waals surface area contributed by atoms with Crippen molar-refractivity contribution in [3.63, 3.8) is 0 Å². The molecule has 6 nitrogen and oxygen atoms in total. The van der Waals surface area contributed by atoms with E-state index in [9.17, 15) is 9.36 Å². The van der Waals surface area contributed by atoms with Gasteiger partial charge in [-0.1, -0.05) is 0 Å². The standard InChI is InChI=1S/C11H20NO5P/c13-11(14)10-9-2-1-7(6-18(15,16)17)5-8(9)3-4-12-10/h7-10,12H,1-6H2,(H,13,14)(H2,15,16,17). The number of hydrogen-bond acceptors (Lipinski definition) is 3. The van der Waals surface area contributed by atoms with Crippen molar-refractivity contribution in [2.45, 2.75) is 31.7 Å². The molecule has 0 aromatic rings. The van der Waals surface area contributed by atoms with Crippen LogP contribution in [0.3, 0.4) is 0 Å². The number of carboxylic acid groups (broad SMARTS) is 1. The molecule has 0 aromatic carbocycles. The number of carboxylic acids is 1. The monoisotopic (exact) mass is 277 g/mol. The molecule has 2 aliphatic rings. The van der Waals surface area contributed by atoms with E-state index >= 15 is 0 Å². The Labute approximate surface area is 106 Å². The predicted molar refractivity (Wildman–Crippen MR) is 65.3 cm³/mol. The summed E-state index contributed by atoms with van der Waals surface area (Å²) in [4.78, 5) is 29.2. The van der Waals surface area contributed by atoms with E-state index in [1.807, 2.05) is 0 Å². The van der Waals surface area contributed by atoms with Crippen LogP contribution in [0.4, 0.5) is 0 Å². The molecule has 1 aliphatic carbocycles. The summed E-state index contributed by atoms with van der Waals surface area (Å²) in [6.07, 6.45) is 3.08. The van der Waals surface area contributed by atoms with Gasteiger partial charge in [0.05, 0.1) is 6.16 Å². The van der Waals surface area contributed by atoms with E-state index < -0.39 is 19.6 Å². The molecule has 0 aromatic heterocycles. The SMILES string of the molecule is O=C(O)C1NCCC2CC(CP(=O)(O)O)CCC21. The second-order valence-corrected chi connectivity index (χ2v) is 7.20. The van der Waals surface area contributed by atoms with Crippen LogP contribution >= 0.6 is 7.60 Å². The van der Waals surface area contributed by atoms with Crippen LogP contribution < -0.4 is 5.32 Å². The van der Waals surface area contributed by atoms with Crippen LogP contribution in [-0.2, 0) is 9.36 Å². The van der Waals surface area contributed by atoms with E-state index in [2.05, 4.69) is 5.32 Å². The van der Waals surface area contributed by atoms with E-state index in [0.29, 0.717) is 6.54 Å². The van der Waals surface area contributed by atoms with Crippen LogP contribution in [0.5, 0.6) is 0 Å². The Hall–Kier alpha value is -0.420. The summed E-state index contributed by atoms with van der Waals surface area (Å²) in [6, 6.07) is -0.486. The van der Waals surface area contributed by atoms with Gasteiger partial charge in [0, 0.05) is 0 Å². The van der Waals surface area contributed by atoms with Crippen molar-refractivity contribution in [1.29, 1.82) is 0 Å². The Bertz CT molecular complexity index is 368. The van der Waals surface area contributed by atoms with E-state index in [1.54, 1.807) is 0 Å². The van der Waals surface area contributed by atoms with Crippen LogP contribution in [0.2, 0.25) is 0 Å². The summed E-state index contributed by atoms with van der Waals surface area (Å²) in [5.74, 6) is -0.361. The lowest BCUT2D eigenvalue weighted by atomic mass is 9.68. The second kappa shape index (κ2) is 5.29. The highest BCUT2D eigenvalue weighted by Gasteiger charge is 2.41. The Balaban J connectivity index is 1.98. The predicted octanol–water partition coefficient (Wildman–Crippen LogP) is 0.643. The zero-order valence-electron chi connectivity index (χ0n) is 10.2. The van der Waals surface area contributed by atoms with Gasteiger partial charge in [0.25, 0.3) is 0 Å². The molecule has 1 aliphatic heterocycles.